The Balaban J connectivity index is 1.60. The second-order valence-corrected chi connectivity index (χ2v) is 6.34. The quantitative estimate of drug-likeness (QED) is 0.615. The number of carbonyl (C=O) groups excluding carboxylic acids is 1. The number of carbonyl (C=O) groups is 1. The minimum Gasteiger partial charge on any atom is -0.326 e. The van der Waals surface area contributed by atoms with Gasteiger partial charge in [-0.15, -0.1) is 0 Å². The molecule has 3 heterocycles. The minimum atomic E-state index is -0.0821. The van der Waals surface area contributed by atoms with E-state index in [1.807, 2.05) is 47.3 Å². The number of aromatic nitrogens is 4. The summed E-state index contributed by atoms with van der Waals surface area (Å²) in [6, 6.07) is 11.8. The molecular formula is C20H19N5O. The van der Waals surface area contributed by atoms with E-state index in [2.05, 4.69) is 33.9 Å². The number of pyridine rings is 1. The van der Waals surface area contributed by atoms with Crippen LogP contribution >= 0.6 is 0 Å². The Bertz CT molecular complexity index is 1080. The van der Waals surface area contributed by atoms with Gasteiger partial charge in [-0.2, -0.15) is 0 Å². The summed E-state index contributed by atoms with van der Waals surface area (Å²) in [7, 11) is 0. The van der Waals surface area contributed by atoms with E-state index in [1.165, 1.54) is 12.5 Å². The van der Waals surface area contributed by atoms with Crippen LogP contribution in [0.15, 0.2) is 61.2 Å². The van der Waals surface area contributed by atoms with Crippen molar-refractivity contribution in [1.29, 1.82) is 0 Å². The maximum Gasteiger partial charge on any atom is 0.221 e. The number of aryl methyl sites for hydroxylation is 1. The second-order valence-electron chi connectivity index (χ2n) is 6.34. The molecule has 6 nitrogen and oxygen atoms in total. The van der Waals surface area contributed by atoms with Gasteiger partial charge in [0.1, 0.15) is 11.5 Å². The highest BCUT2D eigenvalue weighted by Gasteiger charge is 2.09. The van der Waals surface area contributed by atoms with E-state index in [9.17, 15) is 4.79 Å². The van der Waals surface area contributed by atoms with Crippen LogP contribution < -0.4 is 5.32 Å². The topological polar surface area (TPSA) is 64.2 Å². The van der Waals surface area contributed by atoms with Crippen LogP contribution in [-0.4, -0.2) is 24.8 Å². The lowest BCUT2D eigenvalue weighted by Gasteiger charge is -2.07. The minimum absolute atomic E-state index is 0.0821. The smallest absolute Gasteiger partial charge is 0.221 e. The fraction of sp³-hybridized carbons (Fsp3) is 0.150. The monoisotopic (exact) mass is 345 g/mol. The fourth-order valence-corrected chi connectivity index (χ4v) is 2.99. The fourth-order valence-electron chi connectivity index (χ4n) is 2.99. The number of nitrogens with one attached hydrogen (secondary N) is 1. The van der Waals surface area contributed by atoms with E-state index in [1.54, 1.807) is 6.20 Å². The summed E-state index contributed by atoms with van der Waals surface area (Å²) >= 11 is 0. The standard InChI is InChI=1S/C20H19N5O/c1-14-7-9-24-12-18(23-19(24)11-14)13-25-10-8-21-20(25)16-3-5-17(6-4-16)22-15(2)26/h3-12H,13H2,1-2H3,(H,22,26). The molecule has 1 N–H and O–H groups in total. The van der Waals surface area contributed by atoms with Crippen molar-refractivity contribution in [2.75, 3.05) is 5.32 Å². The molecule has 0 bridgehead atoms. The largest absolute Gasteiger partial charge is 0.326 e. The Labute approximate surface area is 151 Å². The zero-order valence-corrected chi connectivity index (χ0v) is 14.7. The normalized spacial score (nSPS) is 11.0. The number of nitrogens with zero attached hydrogens (tertiary/aromatic N) is 4. The molecule has 1 aromatic carbocycles. The van der Waals surface area contributed by atoms with Crippen molar-refractivity contribution >= 4 is 17.2 Å². The highest BCUT2D eigenvalue weighted by Crippen LogP contribution is 2.21. The SMILES string of the molecule is CC(=O)Nc1ccc(-c2nccn2Cc2cn3ccc(C)cc3n2)cc1. The maximum absolute atomic E-state index is 11.1. The van der Waals surface area contributed by atoms with Crippen LogP contribution in [0.1, 0.15) is 18.2 Å². The lowest BCUT2D eigenvalue weighted by Crippen LogP contribution is -2.05. The summed E-state index contributed by atoms with van der Waals surface area (Å²) in [5, 5.41) is 2.77. The van der Waals surface area contributed by atoms with Gasteiger partial charge < -0.3 is 14.3 Å². The third-order valence-electron chi connectivity index (χ3n) is 4.18. The van der Waals surface area contributed by atoms with Gasteiger partial charge in [0.15, 0.2) is 0 Å². The van der Waals surface area contributed by atoms with Crippen molar-refractivity contribution in [3.8, 4) is 11.4 Å². The van der Waals surface area contributed by atoms with Crippen LogP contribution in [0.25, 0.3) is 17.0 Å². The third kappa shape index (κ3) is 3.21. The number of benzene rings is 1. The number of imidazole rings is 2. The summed E-state index contributed by atoms with van der Waals surface area (Å²) in [5.74, 6) is 0.786. The number of hydrogen-bond acceptors (Lipinski definition) is 3. The third-order valence-corrected chi connectivity index (χ3v) is 4.18. The molecular weight excluding hydrogens is 326 g/mol. The van der Waals surface area contributed by atoms with Gasteiger partial charge in [0.05, 0.1) is 12.2 Å². The second kappa shape index (κ2) is 6.48. The average Bonchev–Trinajstić information content (AvgIpc) is 3.21. The lowest BCUT2D eigenvalue weighted by molar-refractivity contribution is -0.114. The van der Waals surface area contributed by atoms with Crippen LogP contribution in [0.3, 0.4) is 0 Å². The molecule has 0 aliphatic heterocycles. The van der Waals surface area contributed by atoms with Gasteiger partial charge in [-0.25, -0.2) is 9.97 Å². The molecule has 0 atom stereocenters. The van der Waals surface area contributed by atoms with E-state index in [0.29, 0.717) is 6.54 Å². The number of hydrogen-bond donors (Lipinski definition) is 1. The average molecular weight is 345 g/mol. The molecule has 4 rings (SSSR count). The summed E-state index contributed by atoms with van der Waals surface area (Å²) in [6.07, 6.45) is 7.80. The molecule has 130 valence electrons. The van der Waals surface area contributed by atoms with Gasteiger partial charge >= 0.3 is 0 Å². The highest BCUT2D eigenvalue weighted by atomic mass is 16.1. The van der Waals surface area contributed by atoms with Crippen LogP contribution in [-0.2, 0) is 11.3 Å². The van der Waals surface area contributed by atoms with Gasteiger partial charge in [-0.05, 0) is 48.9 Å². The van der Waals surface area contributed by atoms with Crippen molar-refractivity contribution in [1.82, 2.24) is 18.9 Å². The zero-order chi connectivity index (χ0) is 18.1. The molecule has 0 aliphatic rings. The lowest BCUT2D eigenvalue weighted by atomic mass is 10.2. The van der Waals surface area contributed by atoms with Gasteiger partial charge in [-0.3, -0.25) is 4.79 Å². The Morgan fingerprint density at radius 2 is 1.96 bits per heavy atom. The first-order valence-electron chi connectivity index (χ1n) is 8.42. The number of rotatable bonds is 4. The first-order valence-corrected chi connectivity index (χ1v) is 8.42. The summed E-state index contributed by atoms with van der Waals surface area (Å²) < 4.78 is 4.10. The molecule has 6 heteroatoms. The Morgan fingerprint density at radius 1 is 1.15 bits per heavy atom. The Kier molecular flexibility index (Phi) is 4.01. The van der Waals surface area contributed by atoms with Crippen molar-refractivity contribution < 1.29 is 4.79 Å². The molecule has 0 aliphatic carbocycles. The summed E-state index contributed by atoms with van der Waals surface area (Å²) in [5.41, 5.74) is 4.88. The number of amides is 1. The zero-order valence-electron chi connectivity index (χ0n) is 14.7. The molecule has 0 radical (unpaired) electrons. The Morgan fingerprint density at radius 3 is 2.73 bits per heavy atom. The molecule has 0 spiro atoms. The summed E-state index contributed by atoms with van der Waals surface area (Å²) in [6.45, 7) is 4.20. The number of anilines is 1. The summed E-state index contributed by atoms with van der Waals surface area (Å²) in [4.78, 5) is 20.3. The predicted octanol–water partition coefficient (Wildman–Crippen LogP) is 3.51. The van der Waals surface area contributed by atoms with Gasteiger partial charge in [0.25, 0.3) is 0 Å². The first kappa shape index (κ1) is 16.1. The van der Waals surface area contributed by atoms with Gasteiger partial charge in [0, 0.05) is 43.0 Å². The first-order chi connectivity index (χ1) is 12.6. The Hall–Kier alpha value is -3.41. The van der Waals surface area contributed by atoms with Gasteiger partial charge in [-0.1, -0.05) is 0 Å². The molecule has 0 fully saturated rings. The van der Waals surface area contributed by atoms with Crippen molar-refractivity contribution in [2.24, 2.45) is 0 Å². The van der Waals surface area contributed by atoms with E-state index in [0.717, 1.165) is 28.4 Å². The maximum atomic E-state index is 11.1. The van der Waals surface area contributed by atoms with Crippen molar-refractivity contribution in [3.63, 3.8) is 0 Å². The van der Waals surface area contributed by atoms with Crippen LogP contribution in [0.2, 0.25) is 0 Å². The van der Waals surface area contributed by atoms with E-state index in [4.69, 9.17) is 4.98 Å². The highest BCUT2D eigenvalue weighted by molar-refractivity contribution is 5.88. The van der Waals surface area contributed by atoms with E-state index < -0.39 is 0 Å². The number of fused-ring (bicyclic) bond motifs is 1. The van der Waals surface area contributed by atoms with Crippen molar-refractivity contribution in [2.45, 2.75) is 20.4 Å². The van der Waals surface area contributed by atoms with Crippen LogP contribution in [0.5, 0.6) is 0 Å². The molecule has 3 aromatic heterocycles. The molecule has 0 unspecified atom stereocenters. The van der Waals surface area contributed by atoms with Gasteiger partial charge in [0.2, 0.25) is 5.91 Å². The predicted molar refractivity (Wildman–Crippen MR) is 101 cm³/mol. The molecule has 0 saturated carbocycles. The molecule has 26 heavy (non-hydrogen) atoms. The molecule has 4 aromatic rings. The molecule has 1 amide bonds. The molecule has 0 saturated heterocycles. The van der Waals surface area contributed by atoms with Crippen LogP contribution in [0.4, 0.5) is 5.69 Å². The van der Waals surface area contributed by atoms with E-state index in [-0.39, 0.29) is 5.91 Å². The van der Waals surface area contributed by atoms with Crippen molar-refractivity contribution in [3.05, 3.63) is 72.4 Å². The van der Waals surface area contributed by atoms with E-state index >= 15 is 0 Å². The van der Waals surface area contributed by atoms with Crippen LogP contribution in [0, 0.1) is 6.92 Å².